The lowest BCUT2D eigenvalue weighted by molar-refractivity contribution is -0.125. The second kappa shape index (κ2) is 9.76. The molecular weight excluding hydrogens is 382 g/mol. The molecule has 3 rings (SSSR count). The van der Waals surface area contributed by atoms with Gasteiger partial charge >= 0.3 is 5.97 Å². The molecule has 2 aromatic carbocycles. The van der Waals surface area contributed by atoms with Gasteiger partial charge in [0.25, 0.3) is 0 Å². The Hall–Kier alpha value is -2.86. The van der Waals surface area contributed by atoms with E-state index in [4.69, 9.17) is 14.2 Å². The molecule has 0 saturated carbocycles. The molecule has 0 radical (unpaired) electrons. The first-order valence-corrected chi connectivity index (χ1v) is 10.4. The van der Waals surface area contributed by atoms with Crippen LogP contribution in [0.5, 0.6) is 5.75 Å². The summed E-state index contributed by atoms with van der Waals surface area (Å²) < 4.78 is 16.2. The largest absolute Gasteiger partial charge is 0.493 e. The molecule has 0 bridgehead atoms. The predicted octanol–water partition coefficient (Wildman–Crippen LogP) is 4.26. The maximum atomic E-state index is 13.5. The molecule has 1 saturated heterocycles. The van der Waals surface area contributed by atoms with Gasteiger partial charge in [-0.2, -0.15) is 0 Å². The van der Waals surface area contributed by atoms with Crippen molar-refractivity contribution >= 4 is 17.6 Å². The van der Waals surface area contributed by atoms with Crippen LogP contribution < -0.4 is 10.1 Å². The van der Waals surface area contributed by atoms with Crippen LogP contribution in [-0.4, -0.2) is 38.3 Å². The summed E-state index contributed by atoms with van der Waals surface area (Å²) in [6.07, 6.45) is 1.20. The number of hydrogen-bond acceptors (Lipinski definition) is 5. The molecule has 0 unspecified atom stereocenters. The Bertz CT molecular complexity index is 902. The van der Waals surface area contributed by atoms with E-state index in [0.717, 1.165) is 11.1 Å². The van der Waals surface area contributed by atoms with E-state index in [2.05, 4.69) is 11.4 Å². The fraction of sp³-hybridized carbons (Fsp3) is 0.417. The van der Waals surface area contributed by atoms with Crippen LogP contribution in [0.25, 0.3) is 0 Å². The van der Waals surface area contributed by atoms with Gasteiger partial charge in [0.1, 0.15) is 11.3 Å². The molecular formula is C24H29NO5. The molecule has 0 aromatic heterocycles. The molecule has 0 spiro atoms. The summed E-state index contributed by atoms with van der Waals surface area (Å²) in [5.41, 5.74) is 2.25. The van der Waals surface area contributed by atoms with Crippen LogP contribution in [0.3, 0.4) is 0 Å². The van der Waals surface area contributed by atoms with E-state index in [9.17, 15) is 9.59 Å². The summed E-state index contributed by atoms with van der Waals surface area (Å²) in [5, 5.41) is 3.02. The zero-order chi connectivity index (χ0) is 21.6. The second-order valence-corrected chi connectivity index (χ2v) is 7.38. The van der Waals surface area contributed by atoms with Crippen molar-refractivity contribution in [3.8, 4) is 5.75 Å². The Morgan fingerprint density at radius 3 is 2.50 bits per heavy atom. The number of anilines is 1. The molecule has 1 N–H and O–H groups in total. The van der Waals surface area contributed by atoms with Crippen LogP contribution in [0.4, 0.5) is 5.69 Å². The van der Waals surface area contributed by atoms with Crippen LogP contribution in [0.2, 0.25) is 0 Å². The molecule has 1 fully saturated rings. The smallest absolute Gasteiger partial charge is 0.341 e. The van der Waals surface area contributed by atoms with E-state index in [1.165, 1.54) is 0 Å². The Morgan fingerprint density at radius 2 is 1.83 bits per heavy atom. The van der Waals surface area contributed by atoms with Crippen LogP contribution in [0, 0.1) is 6.92 Å². The number of esters is 1. The number of carbonyl (C=O) groups is 2. The van der Waals surface area contributed by atoms with Crippen molar-refractivity contribution in [3.05, 3.63) is 59.2 Å². The molecule has 1 heterocycles. The lowest BCUT2D eigenvalue weighted by Crippen LogP contribution is -2.44. The van der Waals surface area contributed by atoms with Crippen molar-refractivity contribution in [2.75, 3.05) is 31.7 Å². The average Bonchev–Trinajstić information content (AvgIpc) is 2.75. The molecule has 1 aliphatic rings. The number of aryl methyl sites for hydroxylation is 1. The van der Waals surface area contributed by atoms with Crippen molar-refractivity contribution < 1.29 is 23.8 Å². The number of amides is 1. The fourth-order valence-corrected chi connectivity index (χ4v) is 3.82. The molecule has 160 valence electrons. The molecule has 30 heavy (non-hydrogen) atoms. The minimum absolute atomic E-state index is 0.102. The molecule has 6 nitrogen and oxygen atoms in total. The lowest BCUT2D eigenvalue weighted by atomic mass is 9.73. The second-order valence-electron chi connectivity index (χ2n) is 7.38. The molecule has 1 amide bonds. The third kappa shape index (κ3) is 4.65. The van der Waals surface area contributed by atoms with Crippen LogP contribution in [-0.2, 0) is 19.7 Å². The Labute approximate surface area is 177 Å². The lowest BCUT2D eigenvalue weighted by Gasteiger charge is -2.36. The summed E-state index contributed by atoms with van der Waals surface area (Å²) in [6, 6.07) is 13.1. The van der Waals surface area contributed by atoms with Crippen LogP contribution in [0.1, 0.15) is 48.2 Å². The quantitative estimate of drug-likeness (QED) is 0.689. The number of hydrogen-bond donors (Lipinski definition) is 1. The highest BCUT2D eigenvalue weighted by Crippen LogP contribution is 2.37. The minimum atomic E-state index is -0.674. The molecule has 6 heteroatoms. The van der Waals surface area contributed by atoms with Gasteiger partial charge in [0.2, 0.25) is 5.91 Å². The van der Waals surface area contributed by atoms with E-state index < -0.39 is 11.4 Å². The fourth-order valence-electron chi connectivity index (χ4n) is 3.82. The number of benzene rings is 2. The molecule has 0 atom stereocenters. The molecule has 1 aliphatic heterocycles. The van der Waals surface area contributed by atoms with Gasteiger partial charge in [-0.3, -0.25) is 4.79 Å². The first-order valence-electron chi connectivity index (χ1n) is 10.4. The highest BCUT2D eigenvalue weighted by atomic mass is 16.5. The van der Waals surface area contributed by atoms with Crippen molar-refractivity contribution in [2.24, 2.45) is 0 Å². The highest BCUT2D eigenvalue weighted by molar-refractivity contribution is 6.01. The zero-order valence-electron chi connectivity index (χ0n) is 17.8. The third-order valence-corrected chi connectivity index (χ3v) is 5.38. The van der Waals surface area contributed by atoms with Crippen LogP contribution >= 0.6 is 0 Å². The van der Waals surface area contributed by atoms with Crippen LogP contribution in [0.15, 0.2) is 42.5 Å². The molecule has 0 aliphatic carbocycles. The minimum Gasteiger partial charge on any atom is -0.493 e. The van der Waals surface area contributed by atoms with Gasteiger partial charge in [-0.15, -0.1) is 0 Å². The summed E-state index contributed by atoms with van der Waals surface area (Å²) >= 11 is 0. The molecule has 2 aromatic rings. The van der Waals surface area contributed by atoms with E-state index in [1.807, 2.05) is 32.0 Å². The predicted molar refractivity (Wildman–Crippen MR) is 115 cm³/mol. The van der Waals surface area contributed by atoms with Gasteiger partial charge in [-0.25, -0.2) is 4.79 Å². The summed E-state index contributed by atoms with van der Waals surface area (Å²) in [7, 11) is 0. The van der Waals surface area contributed by atoms with Crippen molar-refractivity contribution in [2.45, 2.75) is 39.0 Å². The van der Waals surface area contributed by atoms with Gasteiger partial charge in [-0.1, -0.05) is 29.8 Å². The maximum absolute atomic E-state index is 13.5. The van der Waals surface area contributed by atoms with Gasteiger partial charge in [0.15, 0.2) is 0 Å². The number of nitrogens with one attached hydrogen (secondary N) is 1. The summed E-state index contributed by atoms with van der Waals surface area (Å²) in [5.74, 6) is -0.139. The summed E-state index contributed by atoms with van der Waals surface area (Å²) in [4.78, 5) is 25.9. The van der Waals surface area contributed by atoms with Gasteiger partial charge in [-0.05, 0) is 57.4 Å². The van der Waals surface area contributed by atoms with E-state index in [1.54, 1.807) is 25.1 Å². The first kappa shape index (κ1) is 21.8. The number of rotatable bonds is 7. The average molecular weight is 411 g/mol. The van der Waals surface area contributed by atoms with Gasteiger partial charge in [0, 0.05) is 18.9 Å². The number of carbonyl (C=O) groups excluding carboxylic acids is 2. The summed E-state index contributed by atoms with van der Waals surface area (Å²) in [6.45, 7) is 7.36. The monoisotopic (exact) mass is 411 g/mol. The maximum Gasteiger partial charge on any atom is 0.341 e. The first-order chi connectivity index (χ1) is 14.5. The van der Waals surface area contributed by atoms with Crippen molar-refractivity contribution in [3.63, 3.8) is 0 Å². The van der Waals surface area contributed by atoms with Gasteiger partial charge in [0.05, 0.1) is 18.6 Å². The Morgan fingerprint density at radius 1 is 1.07 bits per heavy atom. The van der Waals surface area contributed by atoms with E-state index in [-0.39, 0.29) is 12.5 Å². The normalized spacial score (nSPS) is 15.3. The number of ether oxygens (including phenoxy) is 3. The zero-order valence-corrected chi connectivity index (χ0v) is 17.8. The third-order valence-electron chi connectivity index (χ3n) is 5.38. The van der Waals surface area contributed by atoms with E-state index >= 15 is 0 Å². The Balaban J connectivity index is 1.92. The van der Waals surface area contributed by atoms with E-state index in [0.29, 0.717) is 49.7 Å². The SMILES string of the molecule is CCOC(=O)c1cc(NC(=O)C2(c3cccc(C)c3)CCOCC2)ccc1OCC. The standard InChI is InChI=1S/C24H29NO5/c1-4-29-21-10-9-19(16-20(21)22(26)30-5-2)25-23(27)24(11-13-28-14-12-24)18-8-6-7-17(3)15-18/h6-10,15-16H,4-5,11-14H2,1-3H3,(H,25,27). The highest BCUT2D eigenvalue weighted by Gasteiger charge is 2.41. The topological polar surface area (TPSA) is 73.9 Å². The van der Waals surface area contributed by atoms with Gasteiger partial charge < -0.3 is 19.5 Å². The Kier molecular flexibility index (Phi) is 7.11. The van der Waals surface area contributed by atoms with Crippen molar-refractivity contribution in [1.29, 1.82) is 0 Å². The van der Waals surface area contributed by atoms with Crippen molar-refractivity contribution in [1.82, 2.24) is 0 Å².